The van der Waals surface area contributed by atoms with Crippen LogP contribution < -0.4 is 0 Å². The Hall–Kier alpha value is 0.397. The fraction of sp³-hybridized carbons (Fsp3) is 0.882. The average Bonchev–Trinajstić information content (AvgIpc) is 2.65. The number of halogens is 1. The second-order valence-electron chi connectivity index (χ2n) is 7.67. The van der Waals surface area contributed by atoms with E-state index in [0.29, 0.717) is 11.1 Å². The average molecular weight is 361 g/mol. The molecule has 118 valence electrons. The van der Waals surface area contributed by atoms with E-state index in [2.05, 4.69) is 56.7 Å². The van der Waals surface area contributed by atoms with Crippen LogP contribution in [0.1, 0.15) is 72.6 Å². The third-order valence-corrected chi connectivity index (χ3v) is 10.5. The van der Waals surface area contributed by atoms with Gasteiger partial charge in [-0.25, -0.2) is 0 Å². The van der Waals surface area contributed by atoms with Crippen LogP contribution in [0.2, 0.25) is 18.1 Å². The summed E-state index contributed by atoms with van der Waals surface area (Å²) in [7, 11) is -1.65. The zero-order valence-electron chi connectivity index (χ0n) is 14.3. The third-order valence-electron chi connectivity index (χ3n) is 4.90. The predicted octanol–water partition coefficient (Wildman–Crippen LogP) is 6.79. The summed E-state index contributed by atoms with van der Waals surface area (Å²) in [4.78, 5) is 0. The molecule has 1 nitrogen and oxygen atoms in total. The Kier molecular flexibility index (Phi) is 7.01. The molecule has 0 heterocycles. The van der Waals surface area contributed by atoms with Gasteiger partial charge < -0.3 is 4.43 Å². The Morgan fingerprint density at radius 2 is 1.85 bits per heavy atom. The van der Waals surface area contributed by atoms with Crippen molar-refractivity contribution in [2.75, 3.05) is 0 Å². The molecule has 0 radical (unpaired) electrons. The lowest BCUT2D eigenvalue weighted by Crippen LogP contribution is -2.43. The van der Waals surface area contributed by atoms with Gasteiger partial charge in [-0.3, -0.25) is 0 Å². The monoisotopic (exact) mass is 360 g/mol. The molecule has 0 saturated carbocycles. The lowest BCUT2D eigenvalue weighted by molar-refractivity contribution is 0.222. The Labute approximate surface area is 135 Å². The van der Waals surface area contributed by atoms with Gasteiger partial charge >= 0.3 is 0 Å². The fourth-order valence-electron chi connectivity index (χ4n) is 2.43. The molecule has 0 bridgehead atoms. The Morgan fingerprint density at radius 3 is 2.40 bits per heavy atom. The summed E-state index contributed by atoms with van der Waals surface area (Å²) in [5, 5.41) is 0.296. The van der Waals surface area contributed by atoms with E-state index in [1.807, 2.05) is 0 Å². The van der Waals surface area contributed by atoms with Gasteiger partial charge in [0.05, 0.1) is 6.10 Å². The summed E-state index contributed by atoms with van der Waals surface area (Å²) in [6.07, 6.45) is 9.39. The van der Waals surface area contributed by atoms with E-state index in [9.17, 15) is 0 Å². The van der Waals surface area contributed by atoms with Crippen molar-refractivity contribution in [3.63, 3.8) is 0 Å². The largest absolute Gasteiger partial charge is 0.409 e. The van der Waals surface area contributed by atoms with Crippen LogP contribution in [0.15, 0.2) is 10.1 Å². The molecule has 20 heavy (non-hydrogen) atoms. The first-order valence-electron chi connectivity index (χ1n) is 8.24. The van der Waals surface area contributed by atoms with E-state index in [0.717, 1.165) is 0 Å². The maximum atomic E-state index is 6.57. The molecular formula is C17H33BrOSi. The maximum absolute atomic E-state index is 6.57. The van der Waals surface area contributed by atoms with Gasteiger partial charge in [-0.2, -0.15) is 0 Å². The SMILES string of the molecule is CCCCCCC1=C(Br)C(O[Si](C)(C)C(C)(C)C)CC1. The number of allylic oxidation sites excluding steroid dienone is 1. The Bertz CT molecular complexity index is 341. The van der Waals surface area contributed by atoms with E-state index in [4.69, 9.17) is 4.43 Å². The van der Waals surface area contributed by atoms with Crippen LogP contribution in [0.5, 0.6) is 0 Å². The highest BCUT2D eigenvalue weighted by atomic mass is 79.9. The van der Waals surface area contributed by atoms with Gasteiger partial charge in [0, 0.05) is 4.48 Å². The molecule has 0 aromatic heterocycles. The number of hydrogen-bond acceptors (Lipinski definition) is 1. The number of unbranched alkanes of at least 4 members (excludes halogenated alkanes) is 3. The first-order chi connectivity index (χ1) is 9.19. The van der Waals surface area contributed by atoms with Crippen molar-refractivity contribution < 1.29 is 4.43 Å². The van der Waals surface area contributed by atoms with Crippen molar-refractivity contribution in [1.82, 2.24) is 0 Å². The van der Waals surface area contributed by atoms with Crippen LogP contribution in [-0.4, -0.2) is 14.4 Å². The fourth-order valence-corrected chi connectivity index (χ4v) is 4.62. The summed E-state index contributed by atoms with van der Waals surface area (Å²) in [5.74, 6) is 0. The van der Waals surface area contributed by atoms with Crippen molar-refractivity contribution in [1.29, 1.82) is 0 Å². The summed E-state index contributed by atoms with van der Waals surface area (Å²) >= 11 is 3.84. The van der Waals surface area contributed by atoms with Gasteiger partial charge in [-0.1, -0.05) is 68.5 Å². The van der Waals surface area contributed by atoms with Gasteiger partial charge in [0.2, 0.25) is 0 Å². The molecule has 1 aliphatic rings. The molecule has 0 aromatic carbocycles. The van der Waals surface area contributed by atoms with Crippen LogP contribution in [0, 0.1) is 0 Å². The zero-order valence-corrected chi connectivity index (χ0v) is 16.9. The lowest BCUT2D eigenvalue weighted by Gasteiger charge is -2.38. The molecule has 0 fully saturated rings. The van der Waals surface area contributed by atoms with Crippen LogP contribution in [-0.2, 0) is 4.43 Å². The van der Waals surface area contributed by atoms with Gasteiger partial charge in [0.15, 0.2) is 8.32 Å². The normalized spacial score (nSPS) is 20.9. The van der Waals surface area contributed by atoms with Crippen LogP contribution in [0.4, 0.5) is 0 Å². The molecule has 1 unspecified atom stereocenters. The second-order valence-corrected chi connectivity index (χ2v) is 13.3. The van der Waals surface area contributed by atoms with Crippen LogP contribution in [0.3, 0.4) is 0 Å². The van der Waals surface area contributed by atoms with E-state index < -0.39 is 8.32 Å². The van der Waals surface area contributed by atoms with E-state index >= 15 is 0 Å². The van der Waals surface area contributed by atoms with E-state index in [1.54, 1.807) is 5.57 Å². The number of rotatable bonds is 7. The first-order valence-corrected chi connectivity index (χ1v) is 11.9. The smallest absolute Gasteiger partial charge is 0.192 e. The molecule has 1 rings (SSSR count). The topological polar surface area (TPSA) is 9.23 Å². The summed E-state index contributed by atoms with van der Waals surface area (Å²) in [6, 6.07) is 0. The molecule has 0 amide bonds. The van der Waals surface area contributed by atoms with Crippen molar-refractivity contribution in [3.05, 3.63) is 10.1 Å². The molecule has 1 aliphatic carbocycles. The molecular weight excluding hydrogens is 328 g/mol. The summed E-state index contributed by atoms with van der Waals surface area (Å²) < 4.78 is 7.94. The molecule has 0 aliphatic heterocycles. The minimum absolute atomic E-state index is 0.296. The minimum atomic E-state index is -1.65. The predicted molar refractivity (Wildman–Crippen MR) is 96.0 cm³/mol. The highest BCUT2D eigenvalue weighted by molar-refractivity contribution is 9.11. The third kappa shape index (κ3) is 4.99. The van der Waals surface area contributed by atoms with E-state index in [1.165, 1.54) is 49.4 Å². The van der Waals surface area contributed by atoms with Crippen molar-refractivity contribution in [2.24, 2.45) is 0 Å². The molecule has 0 aromatic rings. The molecule has 0 saturated heterocycles. The second kappa shape index (κ2) is 7.60. The van der Waals surface area contributed by atoms with Gasteiger partial charge in [0.1, 0.15) is 0 Å². The summed E-state index contributed by atoms with van der Waals surface area (Å²) in [5.41, 5.74) is 1.62. The van der Waals surface area contributed by atoms with Gasteiger partial charge in [-0.15, -0.1) is 0 Å². The van der Waals surface area contributed by atoms with Crippen molar-refractivity contribution in [3.8, 4) is 0 Å². The Morgan fingerprint density at radius 1 is 1.20 bits per heavy atom. The first kappa shape index (κ1) is 18.4. The highest BCUT2D eigenvalue weighted by Gasteiger charge is 2.40. The van der Waals surface area contributed by atoms with Gasteiger partial charge in [0.25, 0.3) is 0 Å². The molecule has 0 N–H and O–H groups in total. The molecule has 3 heteroatoms. The zero-order chi connectivity index (χ0) is 15.4. The number of hydrogen-bond donors (Lipinski definition) is 0. The molecule has 1 atom stereocenters. The van der Waals surface area contributed by atoms with E-state index in [-0.39, 0.29) is 0 Å². The van der Waals surface area contributed by atoms with Gasteiger partial charge in [-0.05, 0) is 43.8 Å². The van der Waals surface area contributed by atoms with Crippen LogP contribution in [0.25, 0.3) is 0 Å². The van der Waals surface area contributed by atoms with Crippen molar-refractivity contribution in [2.45, 2.75) is 96.9 Å². The quantitative estimate of drug-likeness (QED) is 0.358. The highest BCUT2D eigenvalue weighted by Crippen LogP contribution is 2.42. The maximum Gasteiger partial charge on any atom is 0.192 e. The van der Waals surface area contributed by atoms with Crippen LogP contribution >= 0.6 is 15.9 Å². The minimum Gasteiger partial charge on any atom is -0.409 e. The standard InChI is InChI=1S/C17H33BrOSi/c1-7-8-9-10-11-14-12-13-15(16(14)18)19-20(5,6)17(2,3)4/h15H,7-13H2,1-6H3. The van der Waals surface area contributed by atoms with Crippen molar-refractivity contribution >= 4 is 24.2 Å². The molecule has 0 spiro atoms. The Balaban J connectivity index is 2.56. The summed E-state index contributed by atoms with van der Waals surface area (Å²) in [6.45, 7) is 13.9. The lowest BCUT2D eigenvalue weighted by atomic mass is 10.1.